The van der Waals surface area contributed by atoms with Crippen molar-refractivity contribution >= 4 is 17.7 Å². The maximum atomic E-state index is 12.7. The topological polar surface area (TPSA) is 29.1 Å². The predicted octanol–water partition coefficient (Wildman–Crippen LogP) is 6.70. The Morgan fingerprint density at radius 3 is 2.14 bits per heavy atom. The normalized spacial score (nSPS) is 11.9. The molecule has 0 aliphatic heterocycles. The zero-order chi connectivity index (χ0) is 21.0. The highest BCUT2D eigenvalue weighted by Gasteiger charge is 2.14. The lowest BCUT2D eigenvalue weighted by molar-refractivity contribution is 0.0940. The van der Waals surface area contributed by atoms with Crippen LogP contribution in [0.15, 0.2) is 65.6 Å². The molecular weight excluding hydrogens is 374 g/mol. The van der Waals surface area contributed by atoms with Gasteiger partial charge in [-0.1, -0.05) is 42.0 Å². The maximum absolute atomic E-state index is 12.7. The van der Waals surface area contributed by atoms with E-state index in [1.165, 1.54) is 38.3 Å². The van der Waals surface area contributed by atoms with Crippen LogP contribution in [0, 0.1) is 27.7 Å². The van der Waals surface area contributed by atoms with Gasteiger partial charge in [-0.15, -0.1) is 11.8 Å². The van der Waals surface area contributed by atoms with Gasteiger partial charge in [0.2, 0.25) is 0 Å². The standard InChI is InChI=1S/C26H29NOS/c1-17-6-12-24(13-7-17)29-16-22-8-10-23(11-9-22)26(28)27-21(5)25-15-19(3)18(2)14-20(25)4/h6-15,21H,16H2,1-5H3,(H,27,28)/t21-/m0/s1. The summed E-state index contributed by atoms with van der Waals surface area (Å²) in [5.74, 6) is 0.858. The van der Waals surface area contributed by atoms with Crippen molar-refractivity contribution in [3.63, 3.8) is 0 Å². The van der Waals surface area contributed by atoms with Crippen LogP contribution in [0.3, 0.4) is 0 Å². The van der Waals surface area contributed by atoms with E-state index in [0.717, 1.165) is 5.75 Å². The van der Waals surface area contributed by atoms with Crippen molar-refractivity contribution in [3.8, 4) is 0 Å². The first kappa shape index (κ1) is 21.2. The van der Waals surface area contributed by atoms with Gasteiger partial charge < -0.3 is 5.32 Å². The molecule has 0 aliphatic carbocycles. The lowest BCUT2D eigenvalue weighted by atomic mass is 9.96. The summed E-state index contributed by atoms with van der Waals surface area (Å²) in [6, 6.07) is 20.8. The van der Waals surface area contributed by atoms with Crippen LogP contribution in [0.25, 0.3) is 0 Å². The Morgan fingerprint density at radius 1 is 0.862 bits per heavy atom. The van der Waals surface area contributed by atoms with Crippen LogP contribution in [0.2, 0.25) is 0 Å². The van der Waals surface area contributed by atoms with Gasteiger partial charge in [-0.05, 0) is 86.7 Å². The molecule has 0 unspecified atom stereocenters. The molecule has 0 radical (unpaired) electrons. The largest absolute Gasteiger partial charge is 0.346 e. The third-order valence-corrected chi connectivity index (χ3v) is 6.42. The number of carbonyl (C=O) groups excluding carboxylic acids is 1. The summed E-state index contributed by atoms with van der Waals surface area (Å²) in [5, 5.41) is 3.14. The van der Waals surface area contributed by atoms with Gasteiger partial charge in [-0.25, -0.2) is 0 Å². The number of nitrogens with one attached hydrogen (secondary N) is 1. The van der Waals surface area contributed by atoms with Crippen molar-refractivity contribution in [2.45, 2.75) is 51.3 Å². The van der Waals surface area contributed by atoms with Crippen molar-refractivity contribution < 1.29 is 4.79 Å². The van der Waals surface area contributed by atoms with E-state index in [4.69, 9.17) is 0 Å². The van der Waals surface area contributed by atoms with Gasteiger partial charge in [0, 0.05) is 16.2 Å². The lowest BCUT2D eigenvalue weighted by Crippen LogP contribution is -2.27. The molecule has 2 nitrogen and oxygen atoms in total. The van der Waals surface area contributed by atoms with Crippen molar-refractivity contribution in [1.82, 2.24) is 5.32 Å². The fourth-order valence-electron chi connectivity index (χ4n) is 3.36. The molecule has 0 spiro atoms. The Balaban J connectivity index is 1.61. The van der Waals surface area contributed by atoms with E-state index in [2.05, 4.69) is 69.4 Å². The van der Waals surface area contributed by atoms with E-state index in [1.807, 2.05) is 43.0 Å². The van der Waals surface area contributed by atoms with Gasteiger partial charge in [0.1, 0.15) is 0 Å². The summed E-state index contributed by atoms with van der Waals surface area (Å²) in [7, 11) is 0. The second-order valence-electron chi connectivity index (χ2n) is 7.79. The summed E-state index contributed by atoms with van der Waals surface area (Å²) in [4.78, 5) is 14.0. The van der Waals surface area contributed by atoms with Gasteiger partial charge in [0.25, 0.3) is 5.91 Å². The molecule has 0 aromatic heterocycles. The number of benzene rings is 3. The van der Waals surface area contributed by atoms with Crippen LogP contribution in [-0.2, 0) is 5.75 Å². The van der Waals surface area contributed by atoms with E-state index < -0.39 is 0 Å². The highest BCUT2D eigenvalue weighted by molar-refractivity contribution is 7.98. The third-order valence-electron chi connectivity index (χ3n) is 5.34. The second kappa shape index (κ2) is 9.32. The minimum atomic E-state index is -0.0344. The van der Waals surface area contributed by atoms with Crippen molar-refractivity contribution in [2.24, 2.45) is 0 Å². The number of aryl methyl sites for hydroxylation is 4. The Kier molecular flexibility index (Phi) is 6.81. The molecule has 0 saturated carbocycles. The van der Waals surface area contributed by atoms with Crippen molar-refractivity contribution in [3.05, 3.63) is 99.6 Å². The van der Waals surface area contributed by atoms with Gasteiger partial charge in [0.05, 0.1) is 6.04 Å². The van der Waals surface area contributed by atoms with Crippen LogP contribution in [0.5, 0.6) is 0 Å². The zero-order valence-corrected chi connectivity index (χ0v) is 18.7. The fraction of sp³-hybridized carbons (Fsp3) is 0.269. The van der Waals surface area contributed by atoms with Gasteiger partial charge >= 0.3 is 0 Å². The Morgan fingerprint density at radius 2 is 1.48 bits per heavy atom. The van der Waals surface area contributed by atoms with Crippen LogP contribution < -0.4 is 5.32 Å². The minimum Gasteiger partial charge on any atom is -0.346 e. The highest BCUT2D eigenvalue weighted by Crippen LogP contribution is 2.24. The molecule has 0 fully saturated rings. The van der Waals surface area contributed by atoms with Crippen LogP contribution >= 0.6 is 11.8 Å². The summed E-state index contributed by atoms with van der Waals surface area (Å²) in [6.45, 7) is 10.5. The SMILES string of the molecule is Cc1ccc(SCc2ccc(C(=O)N[C@@H](C)c3cc(C)c(C)cc3C)cc2)cc1. The zero-order valence-electron chi connectivity index (χ0n) is 17.9. The third kappa shape index (κ3) is 5.51. The van der Waals surface area contributed by atoms with Gasteiger partial charge in [-0.3, -0.25) is 4.79 Å². The molecule has 0 heterocycles. The Labute approximate surface area is 178 Å². The molecule has 1 atom stereocenters. The molecular formula is C26H29NOS. The Bertz CT molecular complexity index is 990. The molecule has 0 saturated heterocycles. The molecule has 3 aromatic carbocycles. The van der Waals surface area contributed by atoms with E-state index in [9.17, 15) is 4.79 Å². The summed E-state index contributed by atoms with van der Waals surface area (Å²) < 4.78 is 0. The van der Waals surface area contributed by atoms with E-state index >= 15 is 0 Å². The maximum Gasteiger partial charge on any atom is 0.251 e. The van der Waals surface area contributed by atoms with E-state index in [-0.39, 0.29) is 11.9 Å². The minimum absolute atomic E-state index is 0.0291. The quantitative estimate of drug-likeness (QED) is 0.464. The van der Waals surface area contributed by atoms with Crippen molar-refractivity contribution in [2.75, 3.05) is 0 Å². The summed E-state index contributed by atoms with van der Waals surface area (Å²) >= 11 is 1.81. The molecule has 1 amide bonds. The molecule has 3 rings (SSSR count). The van der Waals surface area contributed by atoms with E-state index in [1.54, 1.807) is 0 Å². The fourth-order valence-corrected chi connectivity index (χ4v) is 4.21. The number of rotatable bonds is 6. The summed E-state index contributed by atoms with van der Waals surface area (Å²) in [6.07, 6.45) is 0. The second-order valence-corrected chi connectivity index (χ2v) is 8.84. The van der Waals surface area contributed by atoms with Crippen LogP contribution in [-0.4, -0.2) is 5.91 Å². The number of amides is 1. The predicted molar refractivity (Wildman–Crippen MR) is 124 cm³/mol. The lowest BCUT2D eigenvalue weighted by Gasteiger charge is -2.18. The van der Waals surface area contributed by atoms with E-state index in [0.29, 0.717) is 5.56 Å². The van der Waals surface area contributed by atoms with Crippen molar-refractivity contribution in [1.29, 1.82) is 0 Å². The summed E-state index contributed by atoms with van der Waals surface area (Å²) in [5.41, 5.74) is 8.10. The molecule has 0 bridgehead atoms. The molecule has 0 aliphatic rings. The number of carbonyl (C=O) groups is 1. The molecule has 29 heavy (non-hydrogen) atoms. The number of thioether (sulfide) groups is 1. The average molecular weight is 404 g/mol. The number of hydrogen-bond donors (Lipinski definition) is 1. The first-order chi connectivity index (χ1) is 13.8. The Hall–Kier alpha value is -2.52. The van der Waals surface area contributed by atoms with Gasteiger partial charge in [-0.2, -0.15) is 0 Å². The van der Waals surface area contributed by atoms with Gasteiger partial charge in [0.15, 0.2) is 0 Å². The first-order valence-electron chi connectivity index (χ1n) is 10.0. The van der Waals surface area contributed by atoms with Crippen LogP contribution in [0.4, 0.5) is 0 Å². The molecule has 150 valence electrons. The average Bonchev–Trinajstić information content (AvgIpc) is 2.70. The first-order valence-corrected chi connectivity index (χ1v) is 11.0. The molecule has 3 heteroatoms. The highest BCUT2D eigenvalue weighted by atomic mass is 32.2. The smallest absolute Gasteiger partial charge is 0.251 e. The monoisotopic (exact) mass is 403 g/mol. The number of hydrogen-bond acceptors (Lipinski definition) is 2. The van der Waals surface area contributed by atoms with Crippen LogP contribution in [0.1, 0.15) is 56.7 Å². The molecule has 3 aromatic rings. The molecule has 1 N–H and O–H groups in total.